The average molecular weight is 246 g/mol. The van der Waals surface area contributed by atoms with Gasteiger partial charge in [-0.15, -0.1) is 0 Å². The van der Waals surface area contributed by atoms with Crippen molar-refractivity contribution in [3.63, 3.8) is 0 Å². The number of hydrogen-bond donors (Lipinski definition) is 1. The summed E-state index contributed by atoms with van der Waals surface area (Å²) >= 11 is 0. The van der Waals surface area contributed by atoms with E-state index in [0.717, 1.165) is 28.9 Å². The smallest absolute Gasteiger partial charge is 0.127 e. The molecule has 4 nitrogen and oxygen atoms in total. The van der Waals surface area contributed by atoms with Gasteiger partial charge in [0, 0.05) is 24.4 Å². The molecule has 0 saturated heterocycles. The molecule has 0 spiro atoms. The standard InChI is InChI=1S/C14H18N2O2/c1-3-6-18-14-5-4-11(10-17)7-13(14)12-8-15-16(2)9-12/h4-5,7-9,17H,3,6,10H2,1-2H3. The lowest BCUT2D eigenvalue weighted by Gasteiger charge is -2.11. The molecule has 2 aromatic rings. The first kappa shape index (κ1) is 12.6. The van der Waals surface area contributed by atoms with Crippen molar-refractivity contribution < 1.29 is 9.84 Å². The minimum atomic E-state index is 0.0291. The first-order valence-electron chi connectivity index (χ1n) is 6.10. The molecule has 18 heavy (non-hydrogen) atoms. The molecule has 0 atom stereocenters. The van der Waals surface area contributed by atoms with Crippen molar-refractivity contribution in [3.8, 4) is 16.9 Å². The Morgan fingerprint density at radius 3 is 2.83 bits per heavy atom. The van der Waals surface area contributed by atoms with E-state index in [1.54, 1.807) is 10.9 Å². The Morgan fingerprint density at radius 2 is 2.22 bits per heavy atom. The molecule has 1 aromatic carbocycles. The number of aromatic nitrogens is 2. The number of rotatable bonds is 5. The lowest BCUT2D eigenvalue weighted by Crippen LogP contribution is -1.97. The van der Waals surface area contributed by atoms with Crippen molar-refractivity contribution in [1.29, 1.82) is 0 Å². The Balaban J connectivity index is 2.40. The third kappa shape index (κ3) is 2.71. The van der Waals surface area contributed by atoms with Crippen LogP contribution in [0.25, 0.3) is 11.1 Å². The second kappa shape index (κ2) is 5.69. The summed E-state index contributed by atoms with van der Waals surface area (Å²) < 4.78 is 7.49. The number of benzene rings is 1. The zero-order valence-corrected chi connectivity index (χ0v) is 10.8. The fourth-order valence-corrected chi connectivity index (χ4v) is 1.80. The number of aliphatic hydroxyl groups is 1. The van der Waals surface area contributed by atoms with Crippen LogP contribution in [0.3, 0.4) is 0 Å². The van der Waals surface area contributed by atoms with Crippen LogP contribution in [-0.2, 0) is 13.7 Å². The van der Waals surface area contributed by atoms with Gasteiger partial charge in [0.25, 0.3) is 0 Å². The molecule has 0 aliphatic rings. The predicted molar refractivity (Wildman–Crippen MR) is 70.4 cm³/mol. The molecule has 0 aliphatic heterocycles. The lowest BCUT2D eigenvalue weighted by atomic mass is 10.1. The highest BCUT2D eigenvalue weighted by molar-refractivity contribution is 5.70. The Morgan fingerprint density at radius 1 is 1.39 bits per heavy atom. The van der Waals surface area contributed by atoms with Crippen LogP contribution < -0.4 is 4.74 Å². The Bertz CT molecular complexity index is 520. The first-order chi connectivity index (χ1) is 8.74. The number of hydrogen-bond acceptors (Lipinski definition) is 3. The van der Waals surface area contributed by atoms with Crippen molar-refractivity contribution in [1.82, 2.24) is 9.78 Å². The summed E-state index contributed by atoms with van der Waals surface area (Å²) in [7, 11) is 1.88. The average Bonchev–Trinajstić information content (AvgIpc) is 2.82. The molecule has 0 radical (unpaired) electrons. The van der Waals surface area contributed by atoms with Crippen molar-refractivity contribution >= 4 is 0 Å². The van der Waals surface area contributed by atoms with Crippen LogP contribution in [-0.4, -0.2) is 21.5 Å². The summed E-state index contributed by atoms with van der Waals surface area (Å²) in [5.74, 6) is 0.835. The molecule has 4 heteroatoms. The summed E-state index contributed by atoms with van der Waals surface area (Å²) in [6.07, 6.45) is 4.71. The van der Waals surface area contributed by atoms with Crippen LogP contribution in [0.5, 0.6) is 5.75 Å². The van der Waals surface area contributed by atoms with Crippen LogP contribution in [0, 0.1) is 0 Å². The topological polar surface area (TPSA) is 47.3 Å². The van der Waals surface area contributed by atoms with E-state index in [1.165, 1.54) is 0 Å². The van der Waals surface area contributed by atoms with Crippen LogP contribution in [0.4, 0.5) is 0 Å². The maximum atomic E-state index is 9.22. The van der Waals surface area contributed by atoms with Gasteiger partial charge >= 0.3 is 0 Å². The van der Waals surface area contributed by atoms with Gasteiger partial charge in [-0.1, -0.05) is 13.0 Å². The molecule has 1 aromatic heterocycles. The number of nitrogens with zero attached hydrogens (tertiary/aromatic N) is 2. The summed E-state index contributed by atoms with van der Waals surface area (Å²) in [4.78, 5) is 0. The number of ether oxygens (including phenoxy) is 1. The second-order valence-electron chi connectivity index (χ2n) is 4.24. The third-order valence-electron chi connectivity index (χ3n) is 2.70. The molecule has 1 heterocycles. The molecule has 0 unspecified atom stereocenters. The quantitative estimate of drug-likeness (QED) is 0.881. The Hall–Kier alpha value is -1.81. The van der Waals surface area contributed by atoms with E-state index in [1.807, 2.05) is 31.4 Å². The van der Waals surface area contributed by atoms with Crippen molar-refractivity contribution in [3.05, 3.63) is 36.2 Å². The van der Waals surface area contributed by atoms with Gasteiger partial charge in [0.2, 0.25) is 0 Å². The molecule has 1 N–H and O–H groups in total. The number of aryl methyl sites for hydroxylation is 1. The molecular formula is C14H18N2O2. The third-order valence-corrected chi connectivity index (χ3v) is 2.70. The summed E-state index contributed by atoms with van der Waals surface area (Å²) in [6.45, 7) is 2.79. The molecular weight excluding hydrogens is 228 g/mol. The predicted octanol–water partition coefficient (Wildman–Crippen LogP) is 2.37. The Kier molecular flexibility index (Phi) is 3.99. The molecule has 0 amide bonds. The van der Waals surface area contributed by atoms with E-state index in [0.29, 0.717) is 6.61 Å². The van der Waals surface area contributed by atoms with Crippen LogP contribution in [0.2, 0.25) is 0 Å². The van der Waals surface area contributed by atoms with E-state index in [9.17, 15) is 5.11 Å². The highest BCUT2D eigenvalue weighted by atomic mass is 16.5. The minimum Gasteiger partial charge on any atom is -0.493 e. The maximum absolute atomic E-state index is 9.22. The molecule has 96 valence electrons. The zero-order chi connectivity index (χ0) is 13.0. The monoisotopic (exact) mass is 246 g/mol. The maximum Gasteiger partial charge on any atom is 0.127 e. The molecule has 2 rings (SSSR count). The molecule has 0 fully saturated rings. The fraction of sp³-hybridized carbons (Fsp3) is 0.357. The summed E-state index contributed by atoms with van der Waals surface area (Å²) in [5.41, 5.74) is 2.85. The number of aliphatic hydroxyl groups excluding tert-OH is 1. The summed E-state index contributed by atoms with van der Waals surface area (Å²) in [5, 5.41) is 13.4. The van der Waals surface area contributed by atoms with Gasteiger partial charge in [0.15, 0.2) is 0 Å². The first-order valence-corrected chi connectivity index (χ1v) is 6.10. The Labute approximate surface area is 107 Å². The highest BCUT2D eigenvalue weighted by Crippen LogP contribution is 2.31. The largest absolute Gasteiger partial charge is 0.493 e. The molecule has 0 saturated carbocycles. The van der Waals surface area contributed by atoms with Gasteiger partial charge in [0.1, 0.15) is 5.75 Å². The van der Waals surface area contributed by atoms with E-state index < -0.39 is 0 Å². The van der Waals surface area contributed by atoms with Crippen LogP contribution >= 0.6 is 0 Å². The van der Waals surface area contributed by atoms with Gasteiger partial charge in [-0.25, -0.2) is 0 Å². The van der Waals surface area contributed by atoms with Crippen molar-refractivity contribution in [2.75, 3.05) is 6.61 Å². The van der Waals surface area contributed by atoms with Crippen LogP contribution in [0.1, 0.15) is 18.9 Å². The van der Waals surface area contributed by atoms with E-state index in [2.05, 4.69) is 12.0 Å². The minimum absolute atomic E-state index is 0.0291. The second-order valence-corrected chi connectivity index (χ2v) is 4.24. The SMILES string of the molecule is CCCOc1ccc(CO)cc1-c1cnn(C)c1. The van der Waals surface area contributed by atoms with Crippen LogP contribution in [0.15, 0.2) is 30.6 Å². The van der Waals surface area contributed by atoms with Gasteiger partial charge in [-0.05, 0) is 24.1 Å². The molecule has 0 bridgehead atoms. The van der Waals surface area contributed by atoms with Gasteiger partial charge in [-0.2, -0.15) is 5.10 Å². The zero-order valence-electron chi connectivity index (χ0n) is 10.8. The van der Waals surface area contributed by atoms with Crippen molar-refractivity contribution in [2.45, 2.75) is 20.0 Å². The normalized spacial score (nSPS) is 10.6. The molecule has 0 aliphatic carbocycles. The van der Waals surface area contributed by atoms with Gasteiger partial charge < -0.3 is 9.84 Å². The highest BCUT2D eigenvalue weighted by Gasteiger charge is 2.09. The van der Waals surface area contributed by atoms with E-state index >= 15 is 0 Å². The van der Waals surface area contributed by atoms with Crippen molar-refractivity contribution in [2.24, 2.45) is 7.05 Å². The van der Waals surface area contributed by atoms with E-state index in [-0.39, 0.29) is 6.61 Å². The van der Waals surface area contributed by atoms with Gasteiger partial charge in [0.05, 0.1) is 19.4 Å². The lowest BCUT2D eigenvalue weighted by molar-refractivity contribution is 0.281. The van der Waals surface area contributed by atoms with Gasteiger partial charge in [-0.3, -0.25) is 4.68 Å². The summed E-state index contributed by atoms with van der Waals surface area (Å²) in [6, 6.07) is 5.73. The van der Waals surface area contributed by atoms with E-state index in [4.69, 9.17) is 4.74 Å². The fourth-order valence-electron chi connectivity index (χ4n) is 1.80.